The molecule has 0 radical (unpaired) electrons. The molecule has 0 aliphatic carbocycles. The van der Waals surface area contributed by atoms with Gasteiger partial charge in [0.2, 0.25) is 0 Å². The zero-order chi connectivity index (χ0) is 11.3. The summed E-state index contributed by atoms with van der Waals surface area (Å²) in [5.41, 5.74) is 1.07. The number of rotatable bonds is 3. The van der Waals surface area contributed by atoms with Gasteiger partial charge < -0.3 is 4.74 Å². The van der Waals surface area contributed by atoms with Gasteiger partial charge in [-0.3, -0.25) is 0 Å². The highest BCUT2D eigenvalue weighted by Gasteiger charge is 2.07. The van der Waals surface area contributed by atoms with Crippen LogP contribution in [0.25, 0.3) is 0 Å². The first kappa shape index (κ1) is 11.3. The molecule has 1 aromatic carbocycles. The Balaban J connectivity index is 2.82. The second kappa shape index (κ2) is 5.16. The van der Waals surface area contributed by atoms with E-state index in [1.807, 2.05) is 19.9 Å². The normalized spacial score (nSPS) is 9.20. The third-order valence-electron chi connectivity index (χ3n) is 1.82. The molecule has 0 aliphatic rings. The molecule has 3 heteroatoms. The van der Waals surface area contributed by atoms with E-state index in [4.69, 9.17) is 10.00 Å². The van der Waals surface area contributed by atoms with Gasteiger partial charge in [-0.15, -0.1) is 0 Å². The summed E-state index contributed by atoms with van der Waals surface area (Å²) in [7, 11) is 0. The van der Waals surface area contributed by atoms with Gasteiger partial charge in [-0.05, 0) is 32.1 Å². The molecule has 0 saturated carbocycles. The molecule has 1 aromatic rings. The molecule has 1 rings (SSSR count). The van der Waals surface area contributed by atoms with Crippen molar-refractivity contribution >= 4 is 0 Å². The van der Waals surface area contributed by atoms with Crippen LogP contribution >= 0.6 is 0 Å². The van der Waals surface area contributed by atoms with Crippen molar-refractivity contribution in [3.63, 3.8) is 0 Å². The van der Waals surface area contributed by atoms with Crippen molar-refractivity contribution in [3.05, 3.63) is 41.2 Å². The van der Waals surface area contributed by atoms with Gasteiger partial charge in [0.05, 0.1) is 0 Å². The number of halogens is 1. The fourth-order valence-electron chi connectivity index (χ4n) is 1.03. The topological polar surface area (TPSA) is 33.0 Å². The second-order valence-corrected chi connectivity index (χ2v) is 3.32. The molecular formula is C12H12FNO. The van der Waals surface area contributed by atoms with Crippen LogP contribution in [0.5, 0.6) is 5.75 Å². The Labute approximate surface area is 88.6 Å². The summed E-state index contributed by atoms with van der Waals surface area (Å²) in [4.78, 5) is 0. The summed E-state index contributed by atoms with van der Waals surface area (Å²) in [5, 5.41) is 8.72. The first-order valence-corrected chi connectivity index (χ1v) is 4.60. The lowest BCUT2D eigenvalue weighted by atomic mass is 10.2. The molecular weight excluding hydrogens is 193 g/mol. The Hall–Kier alpha value is -1.82. The largest absolute Gasteiger partial charge is 0.488 e. The highest BCUT2D eigenvalue weighted by molar-refractivity contribution is 5.43. The molecule has 78 valence electrons. The van der Waals surface area contributed by atoms with Gasteiger partial charge in [-0.2, -0.15) is 5.26 Å². The summed E-state index contributed by atoms with van der Waals surface area (Å²) < 4.78 is 18.4. The van der Waals surface area contributed by atoms with Crippen LogP contribution in [0.1, 0.15) is 19.4 Å². The molecule has 0 aromatic heterocycles. The van der Waals surface area contributed by atoms with E-state index in [2.05, 4.69) is 0 Å². The maximum atomic E-state index is 13.1. The second-order valence-electron chi connectivity index (χ2n) is 3.32. The summed E-state index contributed by atoms with van der Waals surface area (Å²) in [6.07, 6.45) is 1.87. The van der Waals surface area contributed by atoms with E-state index >= 15 is 0 Å². The fourth-order valence-corrected chi connectivity index (χ4v) is 1.03. The first-order chi connectivity index (χ1) is 7.15. The van der Waals surface area contributed by atoms with Gasteiger partial charge >= 0.3 is 0 Å². The van der Waals surface area contributed by atoms with Crippen LogP contribution in [0, 0.1) is 17.1 Å². The van der Waals surface area contributed by atoms with Gasteiger partial charge in [0, 0.05) is 0 Å². The third-order valence-corrected chi connectivity index (χ3v) is 1.82. The van der Waals surface area contributed by atoms with Gasteiger partial charge in [0.1, 0.15) is 29.8 Å². The van der Waals surface area contributed by atoms with Crippen molar-refractivity contribution in [2.45, 2.75) is 13.8 Å². The summed E-state index contributed by atoms with van der Waals surface area (Å²) in [6, 6.07) is 6.13. The van der Waals surface area contributed by atoms with Crippen LogP contribution < -0.4 is 4.74 Å². The molecule has 0 amide bonds. The molecule has 0 bridgehead atoms. The number of benzene rings is 1. The minimum atomic E-state index is -0.549. The van der Waals surface area contributed by atoms with E-state index in [1.54, 1.807) is 12.1 Å². The first-order valence-electron chi connectivity index (χ1n) is 4.60. The van der Waals surface area contributed by atoms with E-state index in [0.717, 1.165) is 5.57 Å². The summed E-state index contributed by atoms with van der Waals surface area (Å²) in [6.45, 7) is 4.24. The number of hydrogen-bond donors (Lipinski definition) is 0. The van der Waals surface area contributed by atoms with Crippen LogP contribution in [0.15, 0.2) is 29.8 Å². The Morgan fingerprint density at radius 3 is 2.87 bits per heavy atom. The summed E-state index contributed by atoms with van der Waals surface area (Å²) >= 11 is 0. The zero-order valence-electron chi connectivity index (χ0n) is 8.75. The van der Waals surface area contributed by atoms with Gasteiger partial charge in [-0.1, -0.05) is 11.6 Å². The minimum absolute atomic E-state index is 0.0420. The highest BCUT2D eigenvalue weighted by Crippen LogP contribution is 2.20. The molecule has 0 unspecified atom stereocenters. The predicted octanol–water partition coefficient (Wildman–Crippen LogP) is 3.04. The van der Waals surface area contributed by atoms with E-state index in [-0.39, 0.29) is 11.3 Å². The number of allylic oxidation sites excluding steroid dienone is 1. The van der Waals surface area contributed by atoms with Crippen molar-refractivity contribution in [2.75, 3.05) is 6.61 Å². The smallest absolute Gasteiger partial charge is 0.144 e. The molecule has 0 aliphatic heterocycles. The van der Waals surface area contributed by atoms with Gasteiger partial charge in [0.15, 0.2) is 0 Å². The van der Waals surface area contributed by atoms with E-state index in [0.29, 0.717) is 6.61 Å². The lowest BCUT2D eigenvalue weighted by Crippen LogP contribution is -1.98. The minimum Gasteiger partial charge on any atom is -0.488 e. The van der Waals surface area contributed by atoms with Gasteiger partial charge in [0.25, 0.3) is 0 Å². The van der Waals surface area contributed by atoms with Crippen molar-refractivity contribution < 1.29 is 9.13 Å². The van der Waals surface area contributed by atoms with Crippen LogP contribution in [-0.4, -0.2) is 6.61 Å². The number of nitrogens with zero attached hydrogens (tertiary/aromatic N) is 1. The Morgan fingerprint density at radius 2 is 2.27 bits per heavy atom. The molecule has 15 heavy (non-hydrogen) atoms. The van der Waals surface area contributed by atoms with Crippen molar-refractivity contribution in [1.82, 2.24) is 0 Å². The summed E-state index contributed by atoms with van der Waals surface area (Å²) in [5.74, 6) is -0.262. The lowest BCUT2D eigenvalue weighted by molar-refractivity contribution is 0.358. The van der Waals surface area contributed by atoms with Crippen LogP contribution in [0.2, 0.25) is 0 Å². The number of nitriles is 1. The predicted molar refractivity (Wildman–Crippen MR) is 56.0 cm³/mol. The van der Waals surface area contributed by atoms with Gasteiger partial charge in [-0.25, -0.2) is 4.39 Å². The fraction of sp³-hybridized carbons (Fsp3) is 0.250. The van der Waals surface area contributed by atoms with Crippen LogP contribution in [-0.2, 0) is 0 Å². The molecule has 0 atom stereocenters. The lowest BCUT2D eigenvalue weighted by Gasteiger charge is -2.05. The van der Waals surface area contributed by atoms with Crippen molar-refractivity contribution in [3.8, 4) is 11.8 Å². The molecule has 0 saturated heterocycles. The third kappa shape index (κ3) is 3.10. The molecule has 0 fully saturated rings. The van der Waals surface area contributed by atoms with Crippen LogP contribution in [0.3, 0.4) is 0 Å². The average molecular weight is 205 g/mol. The average Bonchev–Trinajstić information content (AvgIpc) is 2.17. The van der Waals surface area contributed by atoms with Crippen LogP contribution in [0.4, 0.5) is 4.39 Å². The maximum absolute atomic E-state index is 13.1. The monoisotopic (exact) mass is 205 g/mol. The van der Waals surface area contributed by atoms with Crippen molar-refractivity contribution in [1.29, 1.82) is 5.26 Å². The maximum Gasteiger partial charge on any atom is 0.144 e. The Bertz CT molecular complexity index is 414. The standard InChI is InChI=1S/C12H12FNO/c1-9(2)6-7-15-12-5-3-4-11(13)10(12)8-14/h3-6H,7H2,1-2H3. The molecule has 0 N–H and O–H groups in total. The molecule has 2 nitrogen and oxygen atoms in total. The quantitative estimate of drug-likeness (QED) is 0.710. The molecule has 0 spiro atoms. The number of ether oxygens (including phenoxy) is 1. The Kier molecular flexibility index (Phi) is 3.87. The number of hydrogen-bond acceptors (Lipinski definition) is 2. The van der Waals surface area contributed by atoms with E-state index in [9.17, 15) is 4.39 Å². The van der Waals surface area contributed by atoms with E-state index < -0.39 is 5.82 Å². The van der Waals surface area contributed by atoms with E-state index in [1.165, 1.54) is 12.1 Å². The SMILES string of the molecule is CC(C)=CCOc1cccc(F)c1C#N. The molecule has 0 heterocycles. The van der Waals surface area contributed by atoms with Crippen molar-refractivity contribution in [2.24, 2.45) is 0 Å². The Morgan fingerprint density at radius 1 is 1.53 bits per heavy atom. The zero-order valence-corrected chi connectivity index (χ0v) is 8.75. The highest BCUT2D eigenvalue weighted by atomic mass is 19.1.